The molecule has 1 aromatic heterocycles. The SMILES string of the molecule is CC(=O)N[C@H]1CC(=O)NCCC[C@@H](C(=O)N2CCC[C@H]2C(=O)N2CCC[C@H]2C(=O)N[C@@H](CCCNC(=N)N)C(=O)N[C@@H](CC(=O)O)C(=O)N[C@H](C)CCCCN(CC(=O)O)CC(=O)O)NC(=O)[C@H](Cc2c[nH]c3ccccc23)NC(=O)[C@H](CCCNC(=N)N)NC(=O)[C@@H](Cc2ccccc2)NC(=O)[C@H](CC2=CCC=N2)NC1=O. The van der Waals surface area contributed by atoms with E-state index in [-0.39, 0.29) is 135 Å². The Labute approximate surface area is 651 Å². The monoisotopic (exact) mass is 1580 g/mol. The van der Waals surface area contributed by atoms with E-state index < -0.39 is 187 Å². The maximum Gasteiger partial charge on any atom is 0.317 e. The second kappa shape index (κ2) is 44.1. The quantitative estimate of drug-likeness (QED) is 0.0161. The lowest BCUT2D eigenvalue weighted by atomic mass is 10.0. The summed E-state index contributed by atoms with van der Waals surface area (Å²) in [6, 6.07) is 0.348. The summed E-state index contributed by atoms with van der Waals surface area (Å²) in [7, 11) is 0. The van der Waals surface area contributed by atoms with E-state index >= 15 is 24.0 Å². The molecule has 0 spiro atoms. The molecule has 0 bridgehead atoms. The molecule has 22 N–H and O–H groups in total. The van der Waals surface area contributed by atoms with Crippen molar-refractivity contribution in [1.29, 1.82) is 10.8 Å². The number of carbonyl (C=O) groups excluding carboxylic acids is 12. The summed E-state index contributed by atoms with van der Waals surface area (Å²) in [5.74, 6) is -14.8. The molecule has 0 radical (unpaired) electrons. The number of nitrogens with one attached hydrogen (secondary N) is 15. The summed E-state index contributed by atoms with van der Waals surface area (Å²) in [5, 5.41) is 76.5. The molecule has 113 heavy (non-hydrogen) atoms. The molecule has 39 nitrogen and oxygen atoms in total. The highest BCUT2D eigenvalue weighted by molar-refractivity contribution is 6.01. The number of guanidine groups is 2. The zero-order valence-electron chi connectivity index (χ0n) is 63.3. The van der Waals surface area contributed by atoms with Crippen LogP contribution in [0.2, 0.25) is 0 Å². The molecule has 4 aliphatic rings. The number of benzene rings is 2. The number of unbranched alkanes of at least 4 members (excludes halogenated alkanes) is 1. The van der Waals surface area contributed by atoms with Gasteiger partial charge in [-0.3, -0.25) is 92.6 Å². The number of carbonyl (C=O) groups is 15. The Balaban J connectivity index is 1.17. The Bertz CT molecular complexity index is 3990. The summed E-state index contributed by atoms with van der Waals surface area (Å²) in [6.45, 7) is 1.66. The van der Waals surface area contributed by atoms with Crippen LogP contribution in [0.15, 0.2) is 77.6 Å². The Hall–Kier alpha value is -12.1. The smallest absolute Gasteiger partial charge is 0.317 e. The molecule has 11 atom stereocenters. The molecular formula is C74H105N21O18. The number of aliphatic carboxylic acids is 3. The van der Waals surface area contributed by atoms with Gasteiger partial charge in [0.1, 0.15) is 60.4 Å². The zero-order valence-corrected chi connectivity index (χ0v) is 63.3. The average Bonchev–Trinajstić information content (AvgIpc) is 1.60. The highest BCUT2D eigenvalue weighted by atomic mass is 16.4. The molecule has 0 unspecified atom stereocenters. The fraction of sp³-hybridized carbons (Fsp3) is 0.541. The van der Waals surface area contributed by atoms with Crippen molar-refractivity contribution in [3.05, 3.63) is 83.7 Å². The number of aliphatic imine (C=N–C) groups is 1. The van der Waals surface area contributed by atoms with Crippen LogP contribution in [0.25, 0.3) is 10.9 Å². The lowest BCUT2D eigenvalue weighted by Crippen LogP contribution is -2.61. The molecule has 5 heterocycles. The molecule has 3 fully saturated rings. The summed E-state index contributed by atoms with van der Waals surface area (Å²) in [6.07, 6.45) is 4.47. The van der Waals surface area contributed by atoms with E-state index in [2.05, 4.69) is 73.8 Å². The number of hydrogen-bond donors (Lipinski definition) is 20. The minimum atomic E-state index is -1.69. The van der Waals surface area contributed by atoms with E-state index in [4.69, 9.17) is 22.3 Å². The largest absolute Gasteiger partial charge is 0.481 e. The number of aromatic amines is 1. The predicted molar refractivity (Wildman–Crippen MR) is 409 cm³/mol. The van der Waals surface area contributed by atoms with Gasteiger partial charge in [0.2, 0.25) is 70.9 Å². The van der Waals surface area contributed by atoms with Crippen LogP contribution in [0, 0.1) is 10.8 Å². The van der Waals surface area contributed by atoms with Crippen LogP contribution >= 0.6 is 0 Å². The second-order valence-corrected chi connectivity index (χ2v) is 28.4. The van der Waals surface area contributed by atoms with Crippen molar-refractivity contribution in [2.75, 3.05) is 52.4 Å². The number of likely N-dealkylation sites (tertiary alicyclic amines) is 2. The normalized spacial score (nSPS) is 21.5. The fourth-order valence-electron chi connectivity index (χ4n) is 13.9. The van der Waals surface area contributed by atoms with Crippen molar-refractivity contribution >= 4 is 118 Å². The summed E-state index contributed by atoms with van der Waals surface area (Å²) in [4.78, 5) is 221. The van der Waals surface area contributed by atoms with Crippen molar-refractivity contribution in [3.8, 4) is 0 Å². The van der Waals surface area contributed by atoms with Gasteiger partial charge in [0.25, 0.3) is 0 Å². The lowest BCUT2D eigenvalue weighted by molar-refractivity contribution is -0.148. The van der Waals surface area contributed by atoms with Gasteiger partial charge in [0, 0.05) is 100 Å². The maximum atomic E-state index is 15.6. The van der Waals surface area contributed by atoms with E-state index in [1.165, 1.54) is 14.7 Å². The first kappa shape index (κ1) is 88.2. The molecule has 614 valence electrons. The molecule has 3 saturated heterocycles. The minimum Gasteiger partial charge on any atom is -0.481 e. The average molecular weight is 1580 g/mol. The van der Waals surface area contributed by atoms with Crippen LogP contribution in [0.5, 0.6) is 0 Å². The standard InChI is InChI=1S/C74H105N21O18/c1-42(16-8-9-31-93(40-61(100)101)41-62(102)103)84-65(106)56(38-60(98)99)92-64(105)50(23-12-30-82-74(77)78)87-70(111)57-25-14-32-94(57)72(113)58-26-15-33-95(58)71(112)51-24-13-28-80-59(97)37-55(85-43(2)96)69(110)91-54(36-46-19-10-27-79-46)68(109)89-52(34-44-17-4-3-5-18-44)66(107)86-49(22-11-29-81-73(75)76)63(104)90-53(67(108)88-51)35-45-39-83-48-21-7-6-20-47(45)48/h3-7,17-21,27,39,42,49-58,83H,8-16,22-26,28-38,40-41H2,1-2H3,(H,80,97)(H,84,106)(H,85,96)(H,86,107)(H,87,111)(H,88,108)(H,89,109)(H,90,104)(H,91,110)(H,92,105)(H,98,99)(H,100,101)(H,102,103)(H4,75,76,81)(H4,77,78,82)/t42-,49+,50+,51+,52-,53+,54+,55+,56+,57+,58+/m1/s1. The Morgan fingerprint density at radius 1 is 0.628 bits per heavy atom. The minimum absolute atomic E-state index is 0.00127. The van der Waals surface area contributed by atoms with Gasteiger partial charge in [0.05, 0.1) is 25.9 Å². The molecule has 0 aliphatic carbocycles. The number of amides is 12. The van der Waals surface area contributed by atoms with Crippen LogP contribution in [0.4, 0.5) is 0 Å². The molecule has 7 rings (SSSR count). The highest BCUT2D eigenvalue weighted by Crippen LogP contribution is 2.28. The van der Waals surface area contributed by atoms with Crippen molar-refractivity contribution in [3.63, 3.8) is 0 Å². The van der Waals surface area contributed by atoms with E-state index in [0.717, 1.165) is 6.92 Å². The third kappa shape index (κ3) is 28.6. The number of fused-ring (bicyclic) bond motifs is 1. The van der Waals surface area contributed by atoms with Gasteiger partial charge < -0.3 is 105 Å². The van der Waals surface area contributed by atoms with Gasteiger partial charge in [-0.25, -0.2) is 0 Å². The first-order valence-corrected chi connectivity index (χ1v) is 37.8. The van der Waals surface area contributed by atoms with Crippen LogP contribution in [0.3, 0.4) is 0 Å². The van der Waals surface area contributed by atoms with E-state index in [0.29, 0.717) is 47.0 Å². The molecule has 0 saturated carbocycles. The van der Waals surface area contributed by atoms with Crippen molar-refractivity contribution in [2.24, 2.45) is 16.5 Å². The van der Waals surface area contributed by atoms with E-state index in [9.17, 15) is 63.3 Å². The molecule has 4 aliphatic heterocycles. The molecule has 3 aromatic rings. The number of nitrogens with zero attached hydrogens (tertiary/aromatic N) is 4. The topological polar surface area (TPSA) is 599 Å². The predicted octanol–water partition coefficient (Wildman–Crippen LogP) is -2.97. The Morgan fingerprint density at radius 3 is 1.87 bits per heavy atom. The Kier molecular flexibility index (Phi) is 34.4. The van der Waals surface area contributed by atoms with Gasteiger partial charge in [-0.15, -0.1) is 0 Å². The Morgan fingerprint density at radius 2 is 1.22 bits per heavy atom. The number of rotatable bonds is 34. The molecule has 12 amide bonds. The number of allylic oxidation sites excluding steroid dienone is 1. The third-order valence-electron chi connectivity index (χ3n) is 19.5. The van der Waals surface area contributed by atoms with Gasteiger partial charge in [-0.2, -0.15) is 0 Å². The van der Waals surface area contributed by atoms with Crippen LogP contribution in [0.1, 0.15) is 134 Å². The number of hydrogen-bond acceptors (Lipinski definition) is 19. The maximum absolute atomic E-state index is 15.6. The number of nitrogens with two attached hydrogens (primary N) is 2. The third-order valence-corrected chi connectivity index (χ3v) is 19.5. The van der Waals surface area contributed by atoms with E-state index in [1.54, 1.807) is 80.0 Å². The van der Waals surface area contributed by atoms with Gasteiger partial charge in [-0.05, 0) is 108 Å². The number of carboxylic acid groups (broad SMARTS) is 3. The highest BCUT2D eigenvalue weighted by Gasteiger charge is 2.45. The zero-order chi connectivity index (χ0) is 82.3. The summed E-state index contributed by atoms with van der Waals surface area (Å²) >= 11 is 0. The van der Waals surface area contributed by atoms with Crippen LogP contribution in [-0.4, -0.2) is 261 Å². The van der Waals surface area contributed by atoms with Crippen LogP contribution in [-0.2, 0) is 84.8 Å². The second-order valence-electron chi connectivity index (χ2n) is 28.4. The number of aromatic nitrogens is 1. The first-order chi connectivity index (χ1) is 53.9. The fourth-order valence-corrected chi connectivity index (χ4v) is 13.9. The lowest BCUT2D eigenvalue weighted by Gasteiger charge is -2.34. The molecule has 2 aromatic carbocycles. The molecule has 39 heteroatoms. The van der Waals surface area contributed by atoms with E-state index in [1.807, 2.05) is 0 Å². The summed E-state index contributed by atoms with van der Waals surface area (Å²) < 4.78 is 0. The van der Waals surface area contributed by atoms with Crippen molar-refractivity contribution in [2.45, 2.75) is 202 Å². The number of para-hydroxylation sites is 1. The van der Waals surface area contributed by atoms with Gasteiger partial charge in [0.15, 0.2) is 11.9 Å². The summed E-state index contributed by atoms with van der Waals surface area (Å²) in [5.41, 5.74) is 13.3. The number of carboxylic acids is 3. The van der Waals surface area contributed by atoms with Crippen LogP contribution < -0.4 is 75.3 Å². The molecular weight excluding hydrogens is 1470 g/mol. The van der Waals surface area contributed by atoms with Gasteiger partial charge >= 0.3 is 17.9 Å². The number of H-pyrrole nitrogens is 1. The first-order valence-electron chi connectivity index (χ1n) is 37.8. The van der Waals surface area contributed by atoms with Crippen molar-refractivity contribution < 1.29 is 87.2 Å². The van der Waals surface area contributed by atoms with Crippen molar-refractivity contribution in [1.82, 2.24) is 83.5 Å². The van der Waals surface area contributed by atoms with Gasteiger partial charge in [-0.1, -0.05) is 61.0 Å².